The number of alkyl halides is 3. The monoisotopic (exact) mass is 604 g/mol. The number of aromatic nitrogens is 3. The molecule has 1 amide bonds. The fourth-order valence-corrected chi connectivity index (χ4v) is 4.88. The molecular weight excluding hydrogens is 591 g/mol. The van der Waals surface area contributed by atoms with Gasteiger partial charge in [-0.05, 0) is 48.0 Å². The second-order valence-electron chi connectivity index (χ2n) is 7.63. The number of amides is 1. The van der Waals surface area contributed by atoms with Gasteiger partial charge >= 0.3 is 6.18 Å². The minimum atomic E-state index is -4.45. The van der Waals surface area contributed by atoms with Crippen LogP contribution in [0, 0.1) is 0 Å². The van der Waals surface area contributed by atoms with Gasteiger partial charge < -0.3 is 5.32 Å². The van der Waals surface area contributed by atoms with Crippen LogP contribution in [0.1, 0.15) is 27.3 Å². The molecule has 5 nitrogen and oxygen atoms in total. The van der Waals surface area contributed by atoms with E-state index >= 15 is 0 Å². The minimum absolute atomic E-state index is 0.0426. The summed E-state index contributed by atoms with van der Waals surface area (Å²) in [6, 6.07) is 14.4. The van der Waals surface area contributed by atoms with Gasteiger partial charge in [0.25, 0.3) is 5.91 Å². The van der Waals surface area contributed by atoms with Gasteiger partial charge in [0.05, 0.1) is 38.4 Å². The van der Waals surface area contributed by atoms with E-state index in [2.05, 4.69) is 15.5 Å². The molecule has 0 aliphatic carbocycles. The number of halogens is 7. The van der Waals surface area contributed by atoms with Crippen molar-refractivity contribution in [1.29, 1.82) is 0 Å². The van der Waals surface area contributed by atoms with Crippen LogP contribution in [0.5, 0.6) is 0 Å². The first-order valence-corrected chi connectivity index (χ1v) is 12.9. The third-order valence-electron chi connectivity index (χ3n) is 5.06. The smallest absolute Gasteiger partial charge is 0.345 e. The molecule has 0 bridgehead atoms. The number of rotatable bonds is 7. The zero-order valence-electron chi connectivity index (χ0n) is 18.5. The van der Waals surface area contributed by atoms with Gasteiger partial charge in [-0.1, -0.05) is 76.4 Å². The molecule has 0 aliphatic heterocycles. The Kier molecular flexibility index (Phi) is 8.60. The molecule has 0 saturated carbocycles. The van der Waals surface area contributed by atoms with Crippen LogP contribution in [0.2, 0.25) is 20.1 Å². The molecule has 1 aromatic heterocycles. The van der Waals surface area contributed by atoms with Crippen LogP contribution >= 0.6 is 58.2 Å². The number of hydrogen-bond acceptors (Lipinski definition) is 4. The maximum absolute atomic E-state index is 13.1. The van der Waals surface area contributed by atoms with Crippen molar-refractivity contribution in [2.45, 2.75) is 23.6 Å². The van der Waals surface area contributed by atoms with Crippen molar-refractivity contribution in [2.24, 2.45) is 0 Å². The summed E-state index contributed by atoms with van der Waals surface area (Å²) in [5.74, 6) is 0.0548. The Morgan fingerprint density at radius 3 is 2.41 bits per heavy atom. The van der Waals surface area contributed by atoms with E-state index in [1.165, 1.54) is 30.0 Å². The molecular formula is C24H15Cl4F3N4OS. The molecule has 4 rings (SSSR count). The zero-order valence-corrected chi connectivity index (χ0v) is 22.3. The van der Waals surface area contributed by atoms with E-state index in [1.54, 1.807) is 34.9 Å². The highest BCUT2D eigenvalue weighted by molar-refractivity contribution is 7.98. The molecule has 1 N–H and O–H groups in total. The highest BCUT2D eigenvalue weighted by Crippen LogP contribution is 2.32. The lowest BCUT2D eigenvalue weighted by Gasteiger charge is -2.13. The first kappa shape index (κ1) is 27.6. The summed E-state index contributed by atoms with van der Waals surface area (Å²) in [7, 11) is 0. The average molecular weight is 606 g/mol. The van der Waals surface area contributed by atoms with Gasteiger partial charge in [0.2, 0.25) is 0 Å². The van der Waals surface area contributed by atoms with Crippen LogP contribution in [-0.2, 0) is 18.5 Å². The predicted molar refractivity (Wildman–Crippen MR) is 140 cm³/mol. The van der Waals surface area contributed by atoms with Crippen LogP contribution in [-0.4, -0.2) is 20.7 Å². The van der Waals surface area contributed by atoms with E-state index in [1.807, 2.05) is 0 Å². The molecule has 0 aliphatic rings. The number of carbonyl (C=O) groups excluding carboxylic acids is 1. The Morgan fingerprint density at radius 1 is 0.919 bits per heavy atom. The molecule has 4 aromatic rings. The van der Waals surface area contributed by atoms with Crippen LogP contribution < -0.4 is 5.32 Å². The average Bonchev–Trinajstić information content (AvgIpc) is 3.27. The van der Waals surface area contributed by atoms with Crippen molar-refractivity contribution < 1.29 is 18.0 Å². The summed E-state index contributed by atoms with van der Waals surface area (Å²) in [5.41, 5.74) is 0.457. The van der Waals surface area contributed by atoms with Crippen LogP contribution in [0.4, 0.5) is 13.2 Å². The van der Waals surface area contributed by atoms with Gasteiger partial charge in [-0.2, -0.15) is 13.2 Å². The second-order valence-corrected chi connectivity index (χ2v) is 10.2. The first-order chi connectivity index (χ1) is 17.5. The van der Waals surface area contributed by atoms with Gasteiger partial charge in [-0.3, -0.25) is 9.36 Å². The number of benzene rings is 3. The molecule has 13 heteroatoms. The summed E-state index contributed by atoms with van der Waals surface area (Å²) in [6.45, 7) is -0.0426. The largest absolute Gasteiger partial charge is 0.416 e. The lowest BCUT2D eigenvalue weighted by molar-refractivity contribution is -0.137. The fourth-order valence-electron chi connectivity index (χ4n) is 3.30. The van der Waals surface area contributed by atoms with Crippen molar-refractivity contribution in [1.82, 2.24) is 20.1 Å². The van der Waals surface area contributed by atoms with Gasteiger partial charge in [0, 0.05) is 10.8 Å². The van der Waals surface area contributed by atoms with E-state index < -0.39 is 17.6 Å². The Bertz CT molecular complexity index is 1460. The summed E-state index contributed by atoms with van der Waals surface area (Å²) < 4.78 is 40.9. The lowest BCUT2D eigenvalue weighted by atomic mass is 10.1. The van der Waals surface area contributed by atoms with Crippen molar-refractivity contribution in [3.63, 3.8) is 0 Å². The Morgan fingerprint density at radius 2 is 1.68 bits per heavy atom. The van der Waals surface area contributed by atoms with Crippen molar-refractivity contribution in [3.05, 3.63) is 103 Å². The maximum Gasteiger partial charge on any atom is 0.416 e. The predicted octanol–water partition coefficient (Wildman–Crippen LogP) is 8.12. The van der Waals surface area contributed by atoms with E-state index in [0.29, 0.717) is 32.3 Å². The Hall–Kier alpha value is -2.43. The van der Waals surface area contributed by atoms with Gasteiger partial charge in [-0.25, -0.2) is 0 Å². The highest BCUT2D eigenvalue weighted by Gasteiger charge is 2.30. The number of nitrogens with zero attached hydrogens (tertiary/aromatic N) is 3. The molecule has 3 aromatic carbocycles. The Balaban J connectivity index is 1.61. The van der Waals surface area contributed by atoms with E-state index in [4.69, 9.17) is 46.4 Å². The van der Waals surface area contributed by atoms with Crippen LogP contribution in [0.3, 0.4) is 0 Å². The SMILES string of the molecule is O=C(NCc1nnc(SCc2cccc(C(F)(F)F)c2)n1-c1ccc(Cl)c(Cl)c1)c1cc(Cl)ccc1Cl. The molecule has 37 heavy (non-hydrogen) atoms. The topological polar surface area (TPSA) is 59.8 Å². The maximum atomic E-state index is 13.1. The third kappa shape index (κ3) is 6.72. The Labute approximate surface area is 233 Å². The molecule has 0 spiro atoms. The normalized spacial score (nSPS) is 11.5. The highest BCUT2D eigenvalue weighted by atomic mass is 35.5. The zero-order chi connectivity index (χ0) is 26.7. The van der Waals surface area contributed by atoms with Crippen LogP contribution in [0.15, 0.2) is 65.8 Å². The van der Waals surface area contributed by atoms with E-state index in [9.17, 15) is 18.0 Å². The first-order valence-electron chi connectivity index (χ1n) is 10.4. The number of hydrogen-bond donors (Lipinski definition) is 1. The number of thioether (sulfide) groups is 1. The molecule has 1 heterocycles. The molecule has 0 atom stereocenters. The lowest BCUT2D eigenvalue weighted by Crippen LogP contribution is -2.25. The van der Waals surface area contributed by atoms with Crippen molar-refractivity contribution in [3.8, 4) is 5.69 Å². The third-order valence-corrected chi connectivity index (χ3v) is 7.37. The van der Waals surface area contributed by atoms with E-state index in [0.717, 1.165) is 12.1 Å². The van der Waals surface area contributed by atoms with Crippen molar-refractivity contribution >= 4 is 64.1 Å². The standard InChI is InChI=1S/C24H15Cl4F3N4OS/c25-15-4-6-18(26)17(9-15)22(36)32-11-21-33-34-23(35(21)16-5-7-19(27)20(28)10-16)37-12-13-2-1-3-14(8-13)24(29,30)31/h1-10H,11-12H2,(H,32,36). The quantitative estimate of drug-likeness (QED) is 0.216. The van der Waals surface area contributed by atoms with Gasteiger partial charge in [0.15, 0.2) is 11.0 Å². The summed E-state index contributed by atoms with van der Waals surface area (Å²) in [6.07, 6.45) is -4.45. The number of carbonyl (C=O) groups is 1. The molecule has 192 valence electrons. The minimum Gasteiger partial charge on any atom is -0.345 e. The molecule has 0 radical (unpaired) electrons. The van der Waals surface area contributed by atoms with E-state index in [-0.39, 0.29) is 27.9 Å². The summed E-state index contributed by atoms with van der Waals surface area (Å²) in [4.78, 5) is 12.7. The summed E-state index contributed by atoms with van der Waals surface area (Å²) in [5, 5.41) is 12.7. The summed E-state index contributed by atoms with van der Waals surface area (Å²) >= 11 is 25.6. The van der Waals surface area contributed by atoms with Gasteiger partial charge in [0.1, 0.15) is 0 Å². The molecule has 0 unspecified atom stereocenters. The van der Waals surface area contributed by atoms with Crippen molar-refractivity contribution in [2.75, 3.05) is 0 Å². The van der Waals surface area contributed by atoms with Crippen LogP contribution in [0.25, 0.3) is 5.69 Å². The fraction of sp³-hybridized carbons (Fsp3) is 0.125. The molecule has 0 saturated heterocycles. The molecule has 0 fully saturated rings. The number of nitrogens with one attached hydrogen (secondary N) is 1. The second kappa shape index (κ2) is 11.5. The van der Waals surface area contributed by atoms with Gasteiger partial charge in [-0.15, -0.1) is 10.2 Å².